The minimum Gasteiger partial charge on any atom is -0.496 e. The summed E-state index contributed by atoms with van der Waals surface area (Å²) >= 11 is 0. The van der Waals surface area contributed by atoms with E-state index in [-0.39, 0.29) is 29.3 Å². The average molecular weight is 541 g/mol. The molecule has 3 aromatic rings. The lowest BCUT2D eigenvalue weighted by Crippen LogP contribution is -2.41. The number of sulfonamides is 1. The number of carbonyl (C=O) groups is 1. The molecule has 1 saturated heterocycles. The number of nitrogens with one attached hydrogen (secondary N) is 2. The zero-order chi connectivity index (χ0) is 27.2. The fraction of sp³-hybridized carbons (Fsp3) is 0.500. The van der Waals surface area contributed by atoms with Crippen molar-refractivity contribution >= 4 is 26.8 Å². The van der Waals surface area contributed by atoms with Gasteiger partial charge in [0.1, 0.15) is 5.75 Å². The van der Waals surface area contributed by atoms with Crippen molar-refractivity contribution in [2.75, 3.05) is 20.2 Å². The number of nitrogens with zero attached hydrogens (tertiary/aromatic N) is 2. The van der Waals surface area contributed by atoms with E-state index in [9.17, 15) is 18.0 Å². The third kappa shape index (κ3) is 4.75. The molecule has 1 aliphatic heterocycles. The van der Waals surface area contributed by atoms with Gasteiger partial charge in [0.15, 0.2) is 0 Å². The first-order valence-corrected chi connectivity index (χ1v) is 14.8. The molecule has 38 heavy (non-hydrogen) atoms. The number of rotatable bonds is 8. The first kappa shape index (κ1) is 26.5. The van der Waals surface area contributed by atoms with Crippen LogP contribution in [0.25, 0.3) is 10.9 Å². The highest BCUT2D eigenvalue weighted by Crippen LogP contribution is 2.38. The number of fused-ring (bicyclic) bond motifs is 1. The van der Waals surface area contributed by atoms with E-state index in [0.29, 0.717) is 41.6 Å². The molecular weight excluding hydrogens is 504 g/mol. The topological polar surface area (TPSA) is 114 Å². The van der Waals surface area contributed by atoms with Crippen LogP contribution in [0.15, 0.2) is 35.1 Å². The number of amides is 1. The summed E-state index contributed by atoms with van der Waals surface area (Å²) in [5.41, 5.74) is 3.18. The summed E-state index contributed by atoms with van der Waals surface area (Å²) in [6, 6.07) is 9.69. The third-order valence-corrected chi connectivity index (χ3v) is 10.6. The molecule has 0 radical (unpaired) electrons. The second-order valence-corrected chi connectivity index (χ2v) is 12.8. The zero-order valence-electron chi connectivity index (χ0n) is 22.4. The Bertz CT molecular complexity index is 1530. The van der Waals surface area contributed by atoms with Crippen LogP contribution in [0.5, 0.6) is 5.75 Å². The Kier molecular flexibility index (Phi) is 7.13. The number of pyridine rings is 1. The average Bonchev–Trinajstić information content (AvgIpc) is 3.71. The maximum atomic E-state index is 13.5. The molecule has 2 fully saturated rings. The predicted molar refractivity (Wildman–Crippen MR) is 147 cm³/mol. The molecule has 1 amide bonds. The fourth-order valence-corrected chi connectivity index (χ4v) is 7.77. The highest BCUT2D eigenvalue weighted by Gasteiger charge is 2.42. The van der Waals surface area contributed by atoms with Crippen LogP contribution in [0.2, 0.25) is 0 Å². The van der Waals surface area contributed by atoms with Gasteiger partial charge < -0.3 is 19.6 Å². The van der Waals surface area contributed by atoms with Crippen molar-refractivity contribution < 1.29 is 17.9 Å². The Morgan fingerprint density at radius 3 is 2.50 bits per heavy atom. The van der Waals surface area contributed by atoms with Crippen LogP contribution < -0.4 is 15.6 Å². The molecule has 10 heteroatoms. The van der Waals surface area contributed by atoms with E-state index in [2.05, 4.69) is 21.8 Å². The Hall–Kier alpha value is -3.11. The van der Waals surface area contributed by atoms with Crippen molar-refractivity contribution in [3.05, 3.63) is 63.2 Å². The van der Waals surface area contributed by atoms with Crippen molar-refractivity contribution in [3.8, 4) is 5.75 Å². The molecule has 2 N–H and O–H groups in total. The number of benzene rings is 1. The molecule has 1 aliphatic carbocycles. The second kappa shape index (κ2) is 10.2. The molecular formula is C28H36N4O5S. The fourth-order valence-electron chi connectivity index (χ4n) is 5.90. The van der Waals surface area contributed by atoms with Crippen molar-refractivity contribution in [2.45, 2.75) is 64.3 Å². The number of aromatic nitrogens is 2. The molecule has 204 valence electrons. The Morgan fingerprint density at radius 1 is 1.16 bits per heavy atom. The maximum absolute atomic E-state index is 13.5. The van der Waals surface area contributed by atoms with Crippen molar-refractivity contribution in [1.29, 1.82) is 0 Å². The summed E-state index contributed by atoms with van der Waals surface area (Å²) in [6.07, 6.45) is 3.14. The van der Waals surface area contributed by atoms with Gasteiger partial charge in [-0.25, -0.2) is 12.7 Å². The van der Waals surface area contributed by atoms with Gasteiger partial charge in [-0.1, -0.05) is 18.2 Å². The first-order valence-electron chi connectivity index (χ1n) is 13.3. The van der Waals surface area contributed by atoms with E-state index in [4.69, 9.17) is 4.74 Å². The number of piperidine rings is 1. The number of hydrogen-bond acceptors (Lipinski definition) is 5. The minimum atomic E-state index is -3.15. The standard InChI is InChI=1S/C28H36N4O5S/c1-17-15-25(37-4)23(27(33)30-17)16-29-28(34)26-19(3)32(24-8-6-5-7-22(24)26)18(2)20-11-13-31(14-12-20)38(35,36)21-9-10-21/h5-8,15,18,20-21H,9-14,16H2,1-4H3,(H,29,34)(H,30,33). The molecule has 5 rings (SSSR count). The summed E-state index contributed by atoms with van der Waals surface area (Å²) in [7, 11) is -1.65. The molecule has 3 heterocycles. The molecule has 2 aromatic heterocycles. The minimum absolute atomic E-state index is 0.0417. The van der Waals surface area contributed by atoms with Gasteiger partial charge >= 0.3 is 0 Å². The zero-order valence-corrected chi connectivity index (χ0v) is 23.2. The SMILES string of the molecule is COc1cc(C)[nH]c(=O)c1CNC(=O)c1c(C)n(C(C)C2CCN(S(=O)(=O)C3CC3)CC2)c2ccccc12. The molecule has 0 spiro atoms. The number of ether oxygens (including phenoxy) is 1. The molecule has 2 aliphatic rings. The van der Waals surface area contributed by atoms with Gasteiger partial charge in [-0.2, -0.15) is 0 Å². The molecule has 1 aromatic carbocycles. The predicted octanol–water partition coefficient (Wildman–Crippen LogP) is 3.65. The van der Waals surface area contributed by atoms with Gasteiger partial charge in [0.2, 0.25) is 10.0 Å². The molecule has 0 bridgehead atoms. The normalized spacial score (nSPS) is 18.0. The van der Waals surface area contributed by atoms with Crippen LogP contribution in [0, 0.1) is 19.8 Å². The number of H-pyrrole nitrogens is 1. The molecule has 1 atom stereocenters. The molecule has 1 saturated carbocycles. The number of aromatic amines is 1. The molecule has 9 nitrogen and oxygen atoms in total. The van der Waals surface area contributed by atoms with E-state index >= 15 is 0 Å². The maximum Gasteiger partial charge on any atom is 0.256 e. The van der Waals surface area contributed by atoms with E-state index in [1.165, 1.54) is 7.11 Å². The van der Waals surface area contributed by atoms with Gasteiger partial charge in [0.05, 0.1) is 30.0 Å². The smallest absolute Gasteiger partial charge is 0.256 e. The van der Waals surface area contributed by atoms with Gasteiger partial charge in [0, 0.05) is 41.4 Å². The van der Waals surface area contributed by atoms with E-state index in [1.54, 1.807) is 17.3 Å². The van der Waals surface area contributed by atoms with Crippen LogP contribution in [0.3, 0.4) is 0 Å². The number of methoxy groups -OCH3 is 1. The second-order valence-electron chi connectivity index (χ2n) is 10.6. The largest absolute Gasteiger partial charge is 0.496 e. The quantitative estimate of drug-likeness (QED) is 0.453. The number of aryl methyl sites for hydroxylation is 1. The lowest BCUT2D eigenvalue weighted by Gasteiger charge is -2.35. The van der Waals surface area contributed by atoms with E-state index < -0.39 is 10.0 Å². The lowest BCUT2D eigenvalue weighted by molar-refractivity contribution is 0.0951. The van der Waals surface area contributed by atoms with Gasteiger partial charge in [-0.3, -0.25) is 9.59 Å². The van der Waals surface area contributed by atoms with E-state index in [1.807, 2.05) is 31.2 Å². The lowest BCUT2D eigenvalue weighted by atomic mass is 9.91. The monoisotopic (exact) mass is 540 g/mol. The number of hydrogen-bond donors (Lipinski definition) is 2. The Morgan fingerprint density at radius 2 is 1.84 bits per heavy atom. The van der Waals surface area contributed by atoms with Crippen molar-refractivity contribution in [3.63, 3.8) is 0 Å². The van der Waals surface area contributed by atoms with Crippen LogP contribution in [-0.2, 0) is 16.6 Å². The Labute approximate surface area is 223 Å². The number of para-hydroxylation sites is 1. The van der Waals surface area contributed by atoms with Gasteiger partial charge in [-0.05, 0) is 64.5 Å². The van der Waals surface area contributed by atoms with Gasteiger partial charge in [0.25, 0.3) is 11.5 Å². The number of carbonyl (C=O) groups excluding carboxylic acids is 1. The first-order chi connectivity index (χ1) is 18.1. The van der Waals surface area contributed by atoms with Crippen LogP contribution in [-0.4, -0.2) is 53.6 Å². The summed E-state index contributed by atoms with van der Waals surface area (Å²) < 4.78 is 34.6. The summed E-state index contributed by atoms with van der Waals surface area (Å²) in [4.78, 5) is 28.8. The summed E-state index contributed by atoms with van der Waals surface area (Å²) in [5.74, 6) is 0.479. The van der Waals surface area contributed by atoms with Crippen LogP contribution in [0.1, 0.15) is 66.0 Å². The van der Waals surface area contributed by atoms with Crippen molar-refractivity contribution in [2.24, 2.45) is 5.92 Å². The summed E-state index contributed by atoms with van der Waals surface area (Å²) in [5, 5.41) is 3.61. The van der Waals surface area contributed by atoms with E-state index in [0.717, 1.165) is 42.3 Å². The van der Waals surface area contributed by atoms with Crippen molar-refractivity contribution in [1.82, 2.24) is 19.2 Å². The third-order valence-electron chi connectivity index (χ3n) is 8.15. The van der Waals surface area contributed by atoms with Crippen LogP contribution in [0.4, 0.5) is 0 Å². The highest BCUT2D eigenvalue weighted by molar-refractivity contribution is 7.90. The highest BCUT2D eigenvalue weighted by atomic mass is 32.2. The van der Waals surface area contributed by atoms with Crippen LogP contribution >= 0.6 is 0 Å². The summed E-state index contributed by atoms with van der Waals surface area (Å²) in [6.45, 7) is 7.03. The Balaban J connectivity index is 1.39. The van der Waals surface area contributed by atoms with Gasteiger partial charge in [-0.15, -0.1) is 0 Å². The molecule has 1 unspecified atom stereocenters.